The third-order valence-corrected chi connectivity index (χ3v) is 3.73. The van der Waals surface area contributed by atoms with Crippen LogP contribution in [0.5, 0.6) is 0 Å². The Morgan fingerprint density at radius 3 is 2.22 bits per heavy atom. The number of benzene rings is 2. The fraction of sp³-hybridized carbons (Fsp3) is 0.167. The molecule has 4 nitrogen and oxygen atoms in total. The van der Waals surface area contributed by atoms with Gasteiger partial charge in [-0.2, -0.15) is 5.26 Å². The summed E-state index contributed by atoms with van der Waals surface area (Å²) in [7, 11) is 0. The molecule has 0 N–H and O–H groups in total. The number of hydrogen-bond acceptors (Lipinski definition) is 4. The van der Waals surface area contributed by atoms with Crippen LogP contribution in [0.15, 0.2) is 53.0 Å². The summed E-state index contributed by atoms with van der Waals surface area (Å²) in [6, 6.07) is 15.4. The van der Waals surface area contributed by atoms with Gasteiger partial charge in [-0.15, -0.1) is 0 Å². The van der Waals surface area contributed by atoms with Gasteiger partial charge in [-0.3, -0.25) is 4.79 Å². The smallest absolute Gasteiger partial charge is 0.338 e. The van der Waals surface area contributed by atoms with Gasteiger partial charge < -0.3 is 4.74 Å². The standard InChI is InChI=1S/C18H14BrNO3/c19-16-9-7-14(8-10-16)17(21)2-1-11-23-18(22)15-5-3-13(12-20)4-6-15/h3-10H,1-2,11H2. The summed E-state index contributed by atoms with van der Waals surface area (Å²) >= 11 is 3.32. The predicted octanol–water partition coefficient (Wildman–Crippen LogP) is 4.14. The lowest BCUT2D eigenvalue weighted by molar-refractivity contribution is 0.0494. The lowest BCUT2D eigenvalue weighted by Crippen LogP contribution is -2.08. The van der Waals surface area contributed by atoms with Crippen molar-refractivity contribution in [2.75, 3.05) is 6.61 Å². The fourth-order valence-electron chi connectivity index (χ4n) is 1.94. The van der Waals surface area contributed by atoms with Crippen LogP contribution in [0.4, 0.5) is 0 Å². The molecule has 5 heteroatoms. The van der Waals surface area contributed by atoms with E-state index in [0.29, 0.717) is 29.5 Å². The van der Waals surface area contributed by atoms with Crippen molar-refractivity contribution in [2.45, 2.75) is 12.8 Å². The average Bonchev–Trinajstić information content (AvgIpc) is 2.59. The van der Waals surface area contributed by atoms with E-state index in [-0.39, 0.29) is 12.4 Å². The van der Waals surface area contributed by atoms with Crippen molar-refractivity contribution in [2.24, 2.45) is 0 Å². The van der Waals surface area contributed by atoms with E-state index in [1.807, 2.05) is 18.2 Å². The molecule has 0 bridgehead atoms. The maximum absolute atomic E-state index is 12.0. The number of rotatable bonds is 6. The molecule has 0 aliphatic heterocycles. The van der Waals surface area contributed by atoms with Gasteiger partial charge in [0.15, 0.2) is 5.78 Å². The summed E-state index contributed by atoms with van der Waals surface area (Å²) < 4.78 is 6.05. The molecule has 0 atom stereocenters. The minimum Gasteiger partial charge on any atom is -0.462 e. The quantitative estimate of drug-likeness (QED) is 0.434. The van der Waals surface area contributed by atoms with E-state index in [0.717, 1.165) is 4.47 Å². The molecule has 0 heterocycles. The first-order valence-electron chi connectivity index (χ1n) is 7.06. The van der Waals surface area contributed by atoms with Crippen molar-refractivity contribution >= 4 is 27.7 Å². The Hall–Kier alpha value is -2.45. The van der Waals surface area contributed by atoms with Gasteiger partial charge in [0.1, 0.15) is 0 Å². The van der Waals surface area contributed by atoms with Crippen LogP contribution in [0.3, 0.4) is 0 Å². The molecule has 0 aliphatic rings. The van der Waals surface area contributed by atoms with Crippen LogP contribution < -0.4 is 0 Å². The third-order valence-electron chi connectivity index (χ3n) is 3.20. The molecule has 0 fully saturated rings. The third kappa shape index (κ3) is 5.04. The Morgan fingerprint density at radius 1 is 1.00 bits per heavy atom. The molecule has 0 saturated carbocycles. The zero-order valence-electron chi connectivity index (χ0n) is 12.3. The number of ether oxygens (including phenoxy) is 1. The van der Waals surface area contributed by atoms with Crippen molar-refractivity contribution < 1.29 is 14.3 Å². The molecule has 0 radical (unpaired) electrons. The van der Waals surface area contributed by atoms with Crippen LogP contribution in [0, 0.1) is 11.3 Å². The van der Waals surface area contributed by atoms with E-state index in [2.05, 4.69) is 15.9 Å². The normalized spacial score (nSPS) is 9.91. The zero-order chi connectivity index (χ0) is 16.7. The number of carbonyl (C=O) groups is 2. The van der Waals surface area contributed by atoms with Crippen molar-refractivity contribution in [1.82, 2.24) is 0 Å². The lowest BCUT2D eigenvalue weighted by atomic mass is 10.1. The van der Waals surface area contributed by atoms with Crippen LogP contribution >= 0.6 is 15.9 Å². The van der Waals surface area contributed by atoms with Gasteiger partial charge in [0.2, 0.25) is 0 Å². The zero-order valence-corrected chi connectivity index (χ0v) is 13.9. The van der Waals surface area contributed by atoms with E-state index in [1.165, 1.54) is 0 Å². The summed E-state index contributed by atoms with van der Waals surface area (Å²) in [6.07, 6.45) is 0.791. The van der Waals surface area contributed by atoms with Gasteiger partial charge in [-0.05, 0) is 42.8 Å². The second-order valence-corrected chi connectivity index (χ2v) is 5.77. The first kappa shape index (κ1) is 16.9. The first-order valence-corrected chi connectivity index (χ1v) is 7.85. The molecule has 2 rings (SSSR count). The second kappa shape index (κ2) is 8.25. The summed E-state index contributed by atoms with van der Waals surface area (Å²) in [4.78, 5) is 23.8. The van der Waals surface area contributed by atoms with Crippen LogP contribution in [0.25, 0.3) is 0 Å². The summed E-state index contributed by atoms with van der Waals surface area (Å²) in [5.74, 6) is -0.433. The molecule has 23 heavy (non-hydrogen) atoms. The molecule has 0 aliphatic carbocycles. The molecular weight excluding hydrogens is 358 g/mol. The van der Waals surface area contributed by atoms with Crippen LogP contribution in [-0.2, 0) is 4.74 Å². The Bertz CT molecular complexity index is 730. The SMILES string of the molecule is N#Cc1ccc(C(=O)OCCCC(=O)c2ccc(Br)cc2)cc1. The van der Waals surface area contributed by atoms with Crippen molar-refractivity contribution in [1.29, 1.82) is 5.26 Å². The predicted molar refractivity (Wildman–Crippen MR) is 89.1 cm³/mol. The largest absolute Gasteiger partial charge is 0.462 e. The number of halogens is 1. The van der Waals surface area contributed by atoms with Gasteiger partial charge in [-0.1, -0.05) is 28.1 Å². The van der Waals surface area contributed by atoms with Crippen molar-refractivity contribution in [3.05, 3.63) is 69.7 Å². The lowest BCUT2D eigenvalue weighted by Gasteiger charge is -2.05. The molecule has 0 amide bonds. The van der Waals surface area contributed by atoms with Gasteiger partial charge in [-0.25, -0.2) is 4.79 Å². The molecular formula is C18H14BrNO3. The topological polar surface area (TPSA) is 67.2 Å². The molecule has 0 spiro atoms. The molecule has 0 unspecified atom stereocenters. The van der Waals surface area contributed by atoms with Gasteiger partial charge in [0.25, 0.3) is 0 Å². The van der Waals surface area contributed by atoms with Crippen LogP contribution in [0.2, 0.25) is 0 Å². The van der Waals surface area contributed by atoms with Crippen LogP contribution in [0.1, 0.15) is 39.1 Å². The maximum atomic E-state index is 12.0. The number of Topliss-reactive ketones (excluding diaryl/α,β-unsaturated/α-hetero) is 1. The number of nitrogens with zero attached hydrogens (tertiary/aromatic N) is 1. The van der Waals surface area contributed by atoms with E-state index >= 15 is 0 Å². The number of hydrogen-bond donors (Lipinski definition) is 0. The van der Waals surface area contributed by atoms with Crippen molar-refractivity contribution in [3.8, 4) is 6.07 Å². The molecule has 2 aromatic rings. The Labute approximate surface area is 142 Å². The minimum atomic E-state index is -0.453. The highest BCUT2D eigenvalue weighted by Crippen LogP contribution is 2.13. The Balaban J connectivity index is 1.76. The summed E-state index contributed by atoms with van der Waals surface area (Å²) in [6.45, 7) is 0.182. The second-order valence-electron chi connectivity index (χ2n) is 4.86. The van der Waals surface area contributed by atoms with Gasteiger partial charge in [0, 0.05) is 16.5 Å². The summed E-state index contributed by atoms with van der Waals surface area (Å²) in [5.41, 5.74) is 1.52. The summed E-state index contributed by atoms with van der Waals surface area (Å²) in [5, 5.41) is 8.70. The van der Waals surface area contributed by atoms with Gasteiger partial charge >= 0.3 is 5.97 Å². The molecule has 2 aromatic carbocycles. The molecule has 116 valence electrons. The highest BCUT2D eigenvalue weighted by molar-refractivity contribution is 9.10. The highest BCUT2D eigenvalue weighted by atomic mass is 79.9. The molecule has 0 saturated heterocycles. The Kier molecular flexibility index (Phi) is 6.07. The average molecular weight is 372 g/mol. The number of nitriles is 1. The van der Waals surface area contributed by atoms with E-state index in [9.17, 15) is 9.59 Å². The van der Waals surface area contributed by atoms with E-state index in [1.54, 1.807) is 36.4 Å². The van der Waals surface area contributed by atoms with Crippen LogP contribution in [-0.4, -0.2) is 18.4 Å². The van der Waals surface area contributed by atoms with E-state index in [4.69, 9.17) is 10.00 Å². The minimum absolute atomic E-state index is 0.0203. The molecule has 0 aromatic heterocycles. The van der Waals surface area contributed by atoms with Crippen molar-refractivity contribution in [3.63, 3.8) is 0 Å². The number of ketones is 1. The van der Waals surface area contributed by atoms with E-state index < -0.39 is 5.97 Å². The number of esters is 1. The highest BCUT2D eigenvalue weighted by Gasteiger charge is 2.09. The first-order chi connectivity index (χ1) is 11.1. The van der Waals surface area contributed by atoms with Gasteiger partial charge in [0.05, 0.1) is 23.8 Å². The maximum Gasteiger partial charge on any atom is 0.338 e. The number of carbonyl (C=O) groups excluding carboxylic acids is 2. The Morgan fingerprint density at radius 2 is 1.61 bits per heavy atom. The monoisotopic (exact) mass is 371 g/mol. The fourth-order valence-corrected chi connectivity index (χ4v) is 2.21.